The Balaban J connectivity index is 1.69. The summed E-state index contributed by atoms with van der Waals surface area (Å²) in [5.41, 5.74) is 1.14. The summed E-state index contributed by atoms with van der Waals surface area (Å²) in [6.45, 7) is 0.201. The third-order valence-corrected chi connectivity index (χ3v) is 4.04. The first-order valence-corrected chi connectivity index (χ1v) is 8.26. The topological polar surface area (TPSA) is 93.3 Å². The van der Waals surface area contributed by atoms with Crippen LogP contribution in [0.4, 0.5) is 0 Å². The number of methoxy groups -OCH3 is 2. The zero-order valence-electron chi connectivity index (χ0n) is 15.0. The first-order valence-electron chi connectivity index (χ1n) is 8.26. The highest BCUT2D eigenvalue weighted by molar-refractivity contribution is 5.92. The van der Waals surface area contributed by atoms with Crippen LogP contribution in [0.2, 0.25) is 0 Å². The number of amides is 1. The van der Waals surface area contributed by atoms with Crippen molar-refractivity contribution in [3.05, 3.63) is 70.2 Å². The molecule has 0 spiro atoms. The highest BCUT2D eigenvalue weighted by Gasteiger charge is 2.07. The monoisotopic (exact) mass is 365 g/mol. The minimum absolute atomic E-state index is 0.201. The molecule has 27 heavy (non-hydrogen) atoms. The molecule has 0 radical (unpaired) electrons. The van der Waals surface area contributed by atoms with E-state index in [2.05, 4.69) is 15.5 Å². The van der Waals surface area contributed by atoms with Crippen LogP contribution >= 0.6 is 0 Å². The zero-order chi connectivity index (χ0) is 19.2. The van der Waals surface area contributed by atoms with Crippen LogP contribution < -0.4 is 20.3 Å². The predicted octanol–water partition coefficient (Wildman–Crippen LogP) is 2.27. The molecule has 138 valence electrons. The number of hydrogen-bond donors (Lipinski definition) is 2. The van der Waals surface area contributed by atoms with Gasteiger partial charge in [0.2, 0.25) is 5.91 Å². The van der Waals surface area contributed by atoms with Crippen LogP contribution in [-0.2, 0) is 11.3 Å². The number of carbonyl (C=O) groups excluding carboxylic acids is 1. The largest absolute Gasteiger partial charge is 0.493 e. The maximum atomic E-state index is 12.1. The highest BCUT2D eigenvalue weighted by Crippen LogP contribution is 2.27. The molecule has 0 unspecified atom stereocenters. The molecule has 2 aromatic carbocycles. The molecule has 3 rings (SSSR count). The summed E-state index contributed by atoms with van der Waals surface area (Å²) in [7, 11) is 3.12. The Kier molecular flexibility index (Phi) is 5.51. The number of nitrogens with zero attached hydrogens (tertiary/aromatic N) is 1. The van der Waals surface area contributed by atoms with Gasteiger partial charge in [-0.2, -0.15) is 5.10 Å². The second-order valence-corrected chi connectivity index (χ2v) is 5.71. The van der Waals surface area contributed by atoms with Gasteiger partial charge in [0, 0.05) is 11.5 Å². The van der Waals surface area contributed by atoms with Crippen molar-refractivity contribution >= 4 is 22.8 Å². The Morgan fingerprint density at radius 3 is 2.59 bits per heavy atom. The number of hydrogen-bond acceptors (Lipinski definition) is 5. The molecule has 0 atom stereocenters. The van der Waals surface area contributed by atoms with E-state index in [9.17, 15) is 9.59 Å². The van der Waals surface area contributed by atoms with Crippen molar-refractivity contribution in [2.75, 3.05) is 14.2 Å². The van der Waals surface area contributed by atoms with Crippen molar-refractivity contribution < 1.29 is 14.3 Å². The lowest BCUT2D eigenvalue weighted by atomic mass is 10.1. The van der Waals surface area contributed by atoms with E-state index in [-0.39, 0.29) is 18.0 Å². The minimum atomic E-state index is -0.276. The number of aromatic nitrogens is 2. The highest BCUT2D eigenvalue weighted by atomic mass is 16.5. The molecule has 0 aliphatic heterocycles. The summed E-state index contributed by atoms with van der Waals surface area (Å²) in [6.07, 6.45) is 3.10. The first-order chi connectivity index (χ1) is 13.1. The molecule has 3 aromatic rings. The van der Waals surface area contributed by atoms with Crippen LogP contribution in [-0.4, -0.2) is 30.3 Å². The first kappa shape index (κ1) is 18.2. The number of rotatable bonds is 6. The van der Waals surface area contributed by atoms with Crippen LogP contribution in [0.15, 0.2) is 53.3 Å². The lowest BCUT2D eigenvalue weighted by Crippen LogP contribution is -2.22. The fraction of sp³-hybridized carbons (Fsp3) is 0.150. The zero-order valence-corrected chi connectivity index (χ0v) is 15.0. The van der Waals surface area contributed by atoms with Crippen LogP contribution in [0.1, 0.15) is 11.3 Å². The number of ether oxygens (including phenoxy) is 2. The van der Waals surface area contributed by atoms with E-state index in [0.717, 1.165) is 5.56 Å². The van der Waals surface area contributed by atoms with E-state index in [0.29, 0.717) is 28.0 Å². The van der Waals surface area contributed by atoms with Gasteiger partial charge >= 0.3 is 0 Å². The molecule has 1 aromatic heterocycles. The molecular weight excluding hydrogens is 346 g/mol. The van der Waals surface area contributed by atoms with Gasteiger partial charge in [-0.05, 0) is 29.8 Å². The smallest absolute Gasteiger partial charge is 0.272 e. The standard InChI is InChI=1S/C20H19N3O4/c1-26-17-9-7-13(11-18(17)27-2)8-10-19(24)21-12-16-14-5-3-4-6-15(14)20(25)23-22-16/h3-11H,12H2,1-2H3,(H,21,24)(H,23,25)/b10-8+. The number of nitrogens with one attached hydrogen (secondary N) is 2. The number of H-pyrrole nitrogens is 1. The quantitative estimate of drug-likeness (QED) is 0.654. The van der Waals surface area contributed by atoms with Gasteiger partial charge in [-0.3, -0.25) is 9.59 Å². The van der Waals surface area contributed by atoms with Crippen LogP contribution in [0.3, 0.4) is 0 Å². The number of carbonyl (C=O) groups is 1. The van der Waals surface area contributed by atoms with E-state index in [1.54, 1.807) is 50.6 Å². The number of fused-ring (bicyclic) bond motifs is 1. The minimum Gasteiger partial charge on any atom is -0.493 e. The molecule has 0 saturated heterocycles. The normalized spacial score (nSPS) is 10.9. The molecule has 0 saturated carbocycles. The summed E-state index contributed by atoms with van der Waals surface area (Å²) in [4.78, 5) is 23.9. The molecule has 0 aliphatic carbocycles. The molecule has 2 N–H and O–H groups in total. The van der Waals surface area contributed by atoms with Gasteiger partial charge in [0.1, 0.15) is 0 Å². The van der Waals surface area contributed by atoms with E-state index in [1.807, 2.05) is 12.1 Å². The Hall–Kier alpha value is -3.61. The molecular formula is C20H19N3O4. The number of benzene rings is 2. The summed E-state index contributed by atoms with van der Waals surface area (Å²) in [6, 6.07) is 12.5. The van der Waals surface area contributed by atoms with Crippen LogP contribution in [0, 0.1) is 0 Å². The van der Waals surface area contributed by atoms with Crippen molar-refractivity contribution in [3.8, 4) is 11.5 Å². The van der Waals surface area contributed by atoms with Crippen LogP contribution in [0.25, 0.3) is 16.8 Å². The van der Waals surface area contributed by atoms with Gasteiger partial charge in [0.15, 0.2) is 11.5 Å². The fourth-order valence-electron chi connectivity index (χ4n) is 2.66. The van der Waals surface area contributed by atoms with Crippen molar-refractivity contribution in [2.24, 2.45) is 0 Å². The Morgan fingerprint density at radius 1 is 1.11 bits per heavy atom. The molecule has 7 nitrogen and oxygen atoms in total. The lowest BCUT2D eigenvalue weighted by Gasteiger charge is -2.07. The molecule has 7 heteroatoms. The van der Waals surface area contributed by atoms with Gasteiger partial charge in [-0.15, -0.1) is 0 Å². The summed E-state index contributed by atoms with van der Waals surface area (Å²) in [5, 5.41) is 10.5. The van der Waals surface area contributed by atoms with Crippen molar-refractivity contribution in [1.82, 2.24) is 15.5 Å². The van der Waals surface area contributed by atoms with Gasteiger partial charge < -0.3 is 14.8 Å². The van der Waals surface area contributed by atoms with E-state index < -0.39 is 0 Å². The second kappa shape index (κ2) is 8.18. The Labute approximate surface area is 155 Å². The second-order valence-electron chi connectivity index (χ2n) is 5.71. The van der Waals surface area contributed by atoms with Gasteiger partial charge in [-0.1, -0.05) is 24.3 Å². The summed E-state index contributed by atoms with van der Waals surface area (Å²) in [5.74, 6) is 0.931. The Morgan fingerprint density at radius 2 is 1.85 bits per heavy atom. The van der Waals surface area contributed by atoms with Crippen LogP contribution in [0.5, 0.6) is 11.5 Å². The van der Waals surface area contributed by atoms with E-state index >= 15 is 0 Å². The van der Waals surface area contributed by atoms with Gasteiger partial charge in [0.25, 0.3) is 5.56 Å². The molecule has 0 bridgehead atoms. The third-order valence-electron chi connectivity index (χ3n) is 4.04. The van der Waals surface area contributed by atoms with Crippen molar-refractivity contribution in [1.29, 1.82) is 0 Å². The van der Waals surface area contributed by atoms with E-state index in [4.69, 9.17) is 9.47 Å². The Bertz CT molecular complexity index is 1060. The van der Waals surface area contributed by atoms with Gasteiger partial charge in [-0.25, -0.2) is 5.10 Å². The molecule has 0 aliphatic rings. The maximum absolute atomic E-state index is 12.1. The average molecular weight is 365 g/mol. The van der Waals surface area contributed by atoms with Crippen molar-refractivity contribution in [3.63, 3.8) is 0 Å². The number of aromatic amines is 1. The van der Waals surface area contributed by atoms with E-state index in [1.165, 1.54) is 6.08 Å². The summed E-state index contributed by atoms with van der Waals surface area (Å²) >= 11 is 0. The van der Waals surface area contributed by atoms with Gasteiger partial charge in [0.05, 0.1) is 31.8 Å². The fourth-order valence-corrected chi connectivity index (χ4v) is 2.66. The average Bonchev–Trinajstić information content (AvgIpc) is 2.71. The predicted molar refractivity (Wildman–Crippen MR) is 103 cm³/mol. The molecule has 1 amide bonds. The van der Waals surface area contributed by atoms with Crippen molar-refractivity contribution in [2.45, 2.75) is 6.54 Å². The SMILES string of the molecule is COc1ccc(/C=C/C(=O)NCc2n[nH]c(=O)c3ccccc23)cc1OC. The third kappa shape index (κ3) is 4.14. The summed E-state index contributed by atoms with van der Waals surface area (Å²) < 4.78 is 10.4. The molecule has 0 fully saturated rings. The lowest BCUT2D eigenvalue weighted by molar-refractivity contribution is -0.116. The maximum Gasteiger partial charge on any atom is 0.272 e. The molecule has 1 heterocycles.